The Hall–Kier alpha value is -3.79. The van der Waals surface area contributed by atoms with Crippen molar-refractivity contribution in [3.63, 3.8) is 0 Å². The summed E-state index contributed by atoms with van der Waals surface area (Å²) in [5, 5.41) is 2.02. The highest BCUT2D eigenvalue weighted by Crippen LogP contribution is 2.28. The maximum Gasteiger partial charge on any atom is 0.164 e. The van der Waals surface area contributed by atoms with Crippen LogP contribution < -0.4 is 5.46 Å². The largest absolute Gasteiger partial charge is 0.208 e. The molecule has 0 N–H and O–H groups in total. The van der Waals surface area contributed by atoms with Crippen LogP contribution in [0.5, 0.6) is 0 Å². The Morgan fingerprint density at radius 2 is 0.931 bits per heavy atom. The van der Waals surface area contributed by atoms with Crippen LogP contribution in [0.1, 0.15) is 0 Å². The molecule has 0 unspecified atom stereocenters. The number of rotatable bonds is 3. The molecule has 0 aliphatic rings. The van der Waals surface area contributed by atoms with Gasteiger partial charge in [-0.25, -0.2) is 15.0 Å². The highest BCUT2D eigenvalue weighted by atomic mass is 15.0. The summed E-state index contributed by atoms with van der Waals surface area (Å²) in [6, 6.07) is 31.9. The zero-order valence-corrected chi connectivity index (χ0v) is 15.7. The number of benzene rings is 4. The molecule has 0 saturated carbocycles. The van der Waals surface area contributed by atoms with Gasteiger partial charge in [0.25, 0.3) is 0 Å². The van der Waals surface area contributed by atoms with Gasteiger partial charge < -0.3 is 0 Å². The molecule has 0 bridgehead atoms. The average molecular weight is 369 g/mol. The Bertz CT molecular complexity index is 1240. The van der Waals surface area contributed by atoms with E-state index >= 15 is 0 Å². The van der Waals surface area contributed by atoms with E-state index in [9.17, 15) is 0 Å². The lowest BCUT2D eigenvalue weighted by Gasteiger charge is -2.11. The fourth-order valence-corrected chi connectivity index (χ4v) is 3.45. The van der Waals surface area contributed by atoms with Crippen molar-refractivity contribution in [3.05, 3.63) is 97.1 Å². The second-order valence-electron chi connectivity index (χ2n) is 6.79. The van der Waals surface area contributed by atoms with E-state index in [-0.39, 0.29) is 0 Å². The molecule has 2 radical (unpaired) electrons. The zero-order chi connectivity index (χ0) is 19.6. The minimum Gasteiger partial charge on any atom is -0.208 e. The summed E-state index contributed by atoms with van der Waals surface area (Å²) < 4.78 is 0. The smallest absolute Gasteiger partial charge is 0.164 e. The third-order valence-electron chi connectivity index (χ3n) is 4.90. The summed E-state index contributed by atoms with van der Waals surface area (Å²) in [7, 11) is 6.19. The third-order valence-corrected chi connectivity index (χ3v) is 4.90. The normalized spacial score (nSPS) is 10.9. The van der Waals surface area contributed by atoms with E-state index in [4.69, 9.17) is 22.8 Å². The topological polar surface area (TPSA) is 38.7 Å². The molecule has 4 heteroatoms. The molecule has 3 nitrogen and oxygen atoms in total. The lowest BCUT2D eigenvalue weighted by Crippen LogP contribution is -2.05. The van der Waals surface area contributed by atoms with Crippen LogP contribution in [0.25, 0.3) is 44.9 Å². The maximum absolute atomic E-state index is 6.19. The monoisotopic (exact) mass is 369 g/mol. The first-order valence-corrected chi connectivity index (χ1v) is 9.44. The van der Waals surface area contributed by atoms with Gasteiger partial charge in [0.15, 0.2) is 17.5 Å². The van der Waals surface area contributed by atoms with Gasteiger partial charge in [0.05, 0.1) is 0 Å². The van der Waals surface area contributed by atoms with Crippen LogP contribution in [0.2, 0.25) is 0 Å². The molecule has 1 heterocycles. The molecule has 0 aliphatic carbocycles. The highest BCUT2D eigenvalue weighted by Gasteiger charge is 2.14. The summed E-state index contributed by atoms with van der Waals surface area (Å²) >= 11 is 0. The molecule has 29 heavy (non-hydrogen) atoms. The Kier molecular flexibility index (Phi) is 4.37. The standard InChI is InChI=1S/C25H16BN3/c26-22-16-15-21(19-13-7-8-14-20(19)22)25-28-23(17-9-3-1-4-10-17)27-24(29-25)18-11-5-2-6-12-18/h1-16H. The van der Waals surface area contributed by atoms with Gasteiger partial charge in [0.2, 0.25) is 0 Å². The van der Waals surface area contributed by atoms with Gasteiger partial charge in [-0.2, -0.15) is 0 Å². The van der Waals surface area contributed by atoms with Gasteiger partial charge in [0, 0.05) is 16.7 Å². The summed E-state index contributed by atoms with van der Waals surface area (Å²) in [5.74, 6) is 1.93. The van der Waals surface area contributed by atoms with Gasteiger partial charge in [0.1, 0.15) is 7.85 Å². The zero-order valence-electron chi connectivity index (χ0n) is 15.7. The first-order chi connectivity index (χ1) is 14.3. The van der Waals surface area contributed by atoms with Crippen LogP contribution in [-0.2, 0) is 0 Å². The molecule has 134 valence electrons. The van der Waals surface area contributed by atoms with Gasteiger partial charge in [-0.05, 0) is 10.8 Å². The average Bonchev–Trinajstić information content (AvgIpc) is 2.80. The first kappa shape index (κ1) is 17.3. The molecule has 1 aromatic heterocycles. The molecule has 0 saturated heterocycles. The van der Waals surface area contributed by atoms with Crippen LogP contribution in [0, 0.1) is 0 Å². The molecule has 0 fully saturated rings. The molecular weight excluding hydrogens is 353 g/mol. The van der Waals surface area contributed by atoms with Crippen molar-refractivity contribution in [3.8, 4) is 34.2 Å². The summed E-state index contributed by atoms with van der Waals surface area (Å²) in [6.07, 6.45) is 0. The van der Waals surface area contributed by atoms with Crippen LogP contribution >= 0.6 is 0 Å². The van der Waals surface area contributed by atoms with Crippen molar-refractivity contribution in [1.29, 1.82) is 0 Å². The fraction of sp³-hybridized carbons (Fsp3) is 0. The molecule has 0 aliphatic heterocycles. The van der Waals surface area contributed by atoms with E-state index in [0.717, 1.165) is 32.9 Å². The van der Waals surface area contributed by atoms with E-state index < -0.39 is 0 Å². The summed E-state index contributed by atoms with van der Waals surface area (Å²) in [6.45, 7) is 0. The van der Waals surface area contributed by atoms with Crippen LogP contribution in [0.15, 0.2) is 97.1 Å². The SMILES string of the molecule is [B]c1ccc(-c2nc(-c3ccccc3)nc(-c3ccccc3)n2)c2ccccc12. The Balaban J connectivity index is 1.79. The number of hydrogen-bond acceptors (Lipinski definition) is 3. The second kappa shape index (κ2) is 7.32. The van der Waals surface area contributed by atoms with Crippen molar-refractivity contribution in [2.45, 2.75) is 0 Å². The van der Waals surface area contributed by atoms with Crippen molar-refractivity contribution < 1.29 is 0 Å². The predicted molar refractivity (Wildman–Crippen MR) is 119 cm³/mol. The Morgan fingerprint density at radius 3 is 1.52 bits per heavy atom. The molecule has 0 amide bonds. The van der Waals surface area contributed by atoms with E-state index in [1.54, 1.807) is 0 Å². The van der Waals surface area contributed by atoms with E-state index in [1.165, 1.54) is 0 Å². The van der Waals surface area contributed by atoms with Gasteiger partial charge in [-0.15, -0.1) is 0 Å². The van der Waals surface area contributed by atoms with Crippen LogP contribution in [0.4, 0.5) is 0 Å². The van der Waals surface area contributed by atoms with Gasteiger partial charge in [-0.3, -0.25) is 0 Å². The van der Waals surface area contributed by atoms with Gasteiger partial charge in [-0.1, -0.05) is 103 Å². The van der Waals surface area contributed by atoms with Crippen molar-refractivity contribution in [2.75, 3.05) is 0 Å². The Labute approximate surface area is 170 Å². The minimum absolute atomic E-state index is 0.633. The molecule has 4 aromatic carbocycles. The summed E-state index contributed by atoms with van der Waals surface area (Å²) in [4.78, 5) is 14.4. The third kappa shape index (κ3) is 3.30. The molecule has 5 aromatic rings. The number of hydrogen-bond donors (Lipinski definition) is 0. The van der Waals surface area contributed by atoms with E-state index in [0.29, 0.717) is 17.5 Å². The predicted octanol–water partition coefficient (Wildman–Crippen LogP) is 4.82. The van der Waals surface area contributed by atoms with E-state index in [2.05, 4.69) is 6.07 Å². The van der Waals surface area contributed by atoms with Crippen molar-refractivity contribution in [2.24, 2.45) is 0 Å². The van der Waals surface area contributed by atoms with Gasteiger partial charge >= 0.3 is 0 Å². The number of fused-ring (bicyclic) bond motifs is 1. The number of nitrogens with zero attached hydrogens (tertiary/aromatic N) is 3. The second-order valence-corrected chi connectivity index (χ2v) is 6.79. The highest BCUT2D eigenvalue weighted by molar-refractivity contribution is 6.39. The quantitative estimate of drug-likeness (QED) is 0.428. The number of aromatic nitrogens is 3. The minimum atomic E-state index is 0.633. The fourth-order valence-electron chi connectivity index (χ4n) is 3.45. The van der Waals surface area contributed by atoms with Crippen molar-refractivity contribution in [1.82, 2.24) is 15.0 Å². The molecule has 0 atom stereocenters. The van der Waals surface area contributed by atoms with Crippen molar-refractivity contribution >= 4 is 24.1 Å². The Morgan fingerprint density at radius 1 is 0.448 bits per heavy atom. The molecular formula is C25H16BN3. The van der Waals surface area contributed by atoms with E-state index in [1.807, 2.05) is 91.0 Å². The van der Waals surface area contributed by atoms with Crippen LogP contribution in [0.3, 0.4) is 0 Å². The molecule has 0 spiro atoms. The summed E-state index contributed by atoms with van der Waals surface area (Å²) in [5.41, 5.74) is 3.58. The van der Waals surface area contributed by atoms with Crippen LogP contribution in [-0.4, -0.2) is 22.8 Å². The first-order valence-electron chi connectivity index (χ1n) is 9.44. The molecule has 5 rings (SSSR count). The lowest BCUT2D eigenvalue weighted by molar-refractivity contribution is 1.08. The lowest BCUT2D eigenvalue weighted by atomic mass is 9.88. The maximum atomic E-state index is 6.19.